The molecule has 0 radical (unpaired) electrons. The standard InChI is InChI=1S/C15H15FN2O5S/c16-10-7-11-9(6-13-14(8-19)23-15(20)18(11)13)5-12(10)17-1-3-24(21,22)4-2-17/h1,3,5,7,13-14,19H,2,4,6,8H2/t13-,14?/m0/s1. The maximum absolute atomic E-state index is 14.5. The molecule has 1 aromatic carbocycles. The van der Waals surface area contributed by atoms with E-state index in [1.165, 1.54) is 17.2 Å². The van der Waals surface area contributed by atoms with Crippen molar-refractivity contribution in [3.8, 4) is 0 Å². The van der Waals surface area contributed by atoms with E-state index in [0.29, 0.717) is 12.1 Å². The van der Waals surface area contributed by atoms with Crippen LogP contribution in [0, 0.1) is 5.82 Å². The summed E-state index contributed by atoms with van der Waals surface area (Å²) in [6.07, 6.45) is 0.588. The van der Waals surface area contributed by atoms with Crippen LogP contribution in [0.5, 0.6) is 0 Å². The number of cyclic esters (lactones) is 1. The molecule has 1 N–H and O–H groups in total. The Labute approximate surface area is 137 Å². The number of fused-ring (bicyclic) bond motifs is 3. The van der Waals surface area contributed by atoms with E-state index in [-0.39, 0.29) is 30.6 Å². The van der Waals surface area contributed by atoms with E-state index in [2.05, 4.69) is 0 Å². The third-order valence-electron chi connectivity index (χ3n) is 4.60. The molecule has 1 saturated heterocycles. The lowest BCUT2D eigenvalue weighted by Crippen LogP contribution is -2.35. The Morgan fingerprint density at radius 2 is 2.12 bits per heavy atom. The van der Waals surface area contributed by atoms with Gasteiger partial charge < -0.3 is 14.7 Å². The summed E-state index contributed by atoms with van der Waals surface area (Å²) in [5.41, 5.74) is 1.49. The second-order valence-electron chi connectivity index (χ2n) is 6.02. The van der Waals surface area contributed by atoms with Crippen LogP contribution in [0.3, 0.4) is 0 Å². The molecule has 7 nitrogen and oxygen atoms in total. The Morgan fingerprint density at radius 3 is 2.79 bits per heavy atom. The van der Waals surface area contributed by atoms with Crippen LogP contribution in [-0.4, -0.2) is 50.7 Å². The van der Waals surface area contributed by atoms with Crippen molar-refractivity contribution in [2.24, 2.45) is 0 Å². The molecule has 3 heterocycles. The summed E-state index contributed by atoms with van der Waals surface area (Å²) in [4.78, 5) is 14.9. The number of hydrogen-bond acceptors (Lipinski definition) is 6. The van der Waals surface area contributed by atoms with Gasteiger partial charge in [-0.2, -0.15) is 0 Å². The van der Waals surface area contributed by atoms with E-state index in [1.54, 1.807) is 11.0 Å². The fraction of sp³-hybridized carbons (Fsp3) is 0.400. The number of sulfone groups is 1. The lowest BCUT2D eigenvalue weighted by molar-refractivity contribution is 0.0830. The van der Waals surface area contributed by atoms with Crippen LogP contribution in [0.15, 0.2) is 23.7 Å². The van der Waals surface area contributed by atoms with Gasteiger partial charge in [0.1, 0.15) is 11.9 Å². The second kappa shape index (κ2) is 5.18. The number of carbonyl (C=O) groups is 1. The fourth-order valence-electron chi connectivity index (χ4n) is 3.39. The van der Waals surface area contributed by atoms with Crippen LogP contribution in [0.25, 0.3) is 0 Å². The molecule has 1 unspecified atom stereocenters. The monoisotopic (exact) mass is 354 g/mol. The van der Waals surface area contributed by atoms with Gasteiger partial charge in [0.15, 0.2) is 9.84 Å². The van der Waals surface area contributed by atoms with Gasteiger partial charge in [-0.3, -0.25) is 4.90 Å². The Hall–Kier alpha value is -2.13. The second-order valence-corrected chi connectivity index (χ2v) is 8.03. The topological polar surface area (TPSA) is 87.1 Å². The molecule has 128 valence electrons. The number of carbonyl (C=O) groups excluding carboxylic acids is 1. The summed E-state index contributed by atoms with van der Waals surface area (Å²) < 4.78 is 42.5. The van der Waals surface area contributed by atoms with E-state index in [4.69, 9.17) is 4.74 Å². The smallest absolute Gasteiger partial charge is 0.415 e. The summed E-state index contributed by atoms with van der Waals surface area (Å²) in [5, 5.41) is 10.4. The number of nitrogens with zero attached hydrogens (tertiary/aromatic N) is 2. The maximum Gasteiger partial charge on any atom is 0.415 e. The third kappa shape index (κ3) is 2.27. The quantitative estimate of drug-likeness (QED) is 0.844. The Bertz CT molecular complexity index is 854. The van der Waals surface area contributed by atoms with Gasteiger partial charge in [-0.05, 0) is 18.1 Å². The van der Waals surface area contributed by atoms with Crippen molar-refractivity contribution in [1.82, 2.24) is 0 Å². The van der Waals surface area contributed by atoms with Crippen LogP contribution in [-0.2, 0) is 21.0 Å². The highest BCUT2D eigenvalue weighted by molar-refractivity contribution is 7.94. The number of benzene rings is 1. The summed E-state index contributed by atoms with van der Waals surface area (Å²) in [5.74, 6) is -0.619. The normalized spacial score (nSPS) is 27.2. The number of hydrogen-bond donors (Lipinski definition) is 1. The minimum atomic E-state index is -3.22. The minimum Gasteiger partial charge on any atom is -0.441 e. The van der Waals surface area contributed by atoms with Crippen molar-refractivity contribution in [2.75, 3.05) is 28.7 Å². The first-order chi connectivity index (χ1) is 11.4. The highest BCUT2D eigenvalue weighted by Crippen LogP contribution is 2.41. The Morgan fingerprint density at radius 1 is 1.33 bits per heavy atom. The first-order valence-electron chi connectivity index (χ1n) is 7.50. The minimum absolute atomic E-state index is 0.0757. The van der Waals surface area contributed by atoms with Gasteiger partial charge >= 0.3 is 6.09 Å². The molecule has 24 heavy (non-hydrogen) atoms. The zero-order valence-corrected chi connectivity index (χ0v) is 13.4. The van der Waals surface area contributed by atoms with Gasteiger partial charge in [0.25, 0.3) is 0 Å². The zero-order valence-electron chi connectivity index (χ0n) is 12.6. The molecule has 3 aliphatic heterocycles. The van der Waals surface area contributed by atoms with Crippen LogP contribution in [0.2, 0.25) is 0 Å². The van der Waals surface area contributed by atoms with E-state index in [1.807, 2.05) is 0 Å². The molecular formula is C15H15FN2O5S. The molecule has 1 fully saturated rings. The molecular weight excluding hydrogens is 339 g/mol. The first kappa shape index (κ1) is 15.4. The number of aliphatic hydroxyl groups is 1. The SMILES string of the molecule is O=C1OC(CO)[C@@H]2Cc3cc(N4C=CS(=O)(=O)CC4)c(F)cc3N12. The number of aliphatic hydroxyl groups excluding tert-OH is 1. The summed E-state index contributed by atoms with van der Waals surface area (Å²) in [7, 11) is -3.22. The molecule has 2 atom stereocenters. The van der Waals surface area contributed by atoms with E-state index >= 15 is 0 Å². The number of halogens is 1. The summed E-state index contributed by atoms with van der Waals surface area (Å²) in [6.45, 7) is -0.119. The molecule has 1 aromatic rings. The molecule has 0 spiro atoms. The number of amides is 1. The lowest BCUT2D eigenvalue weighted by atomic mass is 10.1. The number of rotatable bonds is 2. The lowest BCUT2D eigenvalue weighted by Gasteiger charge is -2.24. The van der Waals surface area contributed by atoms with Crippen molar-refractivity contribution < 1.29 is 27.4 Å². The van der Waals surface area contributed by atoms with Crippen molar-refractivity contribution in [2.45, 2.75) is 18.6 Å². The van der Waals surface area contributed by atoms with Crippen LogP contribution >= 0.6 is 0 Å². The van der Waals surface area contributed by atoms with Crippen LogP contribution < -0.4 is 9.80 Å². The predicted molar refractivity (Wildman–Crippen MR) is 84.0 cm³/mol. The predicted octanol–water partition coefficient (Wildman–Crippen LogP) is 0.774. The maximum atomic E-state index is 14.5. The van der Waals surface area contributed by atoms with Crippen LogP contribution in [0.4, 0.5) is 20.6 Å². The van der Waals surface area contributed by atoms with Gasteiger partial charge in [-0.25, -0.2) is 17.6 Å². The van der Waals surface area contributed by atoms with E-state index in [9.17, 15) is 22.7 Å². The largest absolute Gasteiger partial charge is 0.441 e. The van der Waals surface area contributed by atoms with E-state index in [0.717, 1.165) is 11.0 Å². The van der Waals surface area contributed by atoms with Gasteiger partial charge in [-0.1, -0.05) is 0 Å². The van der Waals surface area contributed by atoms with Gasteiger partial charge in [0.05, 0.1) is 29.8 Å². The molecule has 1 amide bonds. The summed E-state index contributed by atoms with van der Waals surface area (Å²) in [6, 6.07) is 2.56. The van der Waals surface area contributed by atoms with Gasteiger partial charge in [0, 0.05) is 24.2 Å². The summed E-state index contributed by atoms with van der Waals surface area (Å²) >= 11 is 0. The fourth-order valence-corrected chi connectivity index (χ4v) is 4.31. The van der Waals surface area contributed by atoms with E-state index < -0.39 is 27.9 Å². The highest BCUT2D eigenvalue weighted by Gasteiger charge is 2.47. The average Bonchev–Trinajstić information content (AvgIpc) is 3.04. The van der Waals surface area contributed by atoms with Crippen molar-refractivity contribution in [3.63, 3.8) is 0 Å². The van der Waals surface area contributed by atoms with Crippen molar-refractivity contribution >= 4 is 27.3 Å². The molecule has 4 rings (SSSR count). The molecule has 9 heteroatoms. The first-order valence-corrected chi connectivity index (χ1v) is 9.22. The Kier molecular flexibility index (Phi) is 3.33. The average molecular weight is 354 g/mol. The number of ether oxygens (including phenoxy) is 1. The van der Waals surface area contributed by atoms with Gasteiger partial charge in [0.2, 0.25) is 0 Å². The van der Waals surface area contributed by atoms with Crippen LogP contribution in [0.1, 0.15) is 5.56 Å². The van der Waals surface area contributed by atoms with Crippen molar-refractivity contribution in [1.29, 1.82) is 0 Å². The van der Waals surface area contributed by atoms with Crippen molar-refractivity contribution in [3.05, 3.63) is 35.1 Å². The molecule has 0 bridgehead atoms. The zero-order chi connectivity index (χ0) is 17.1. The third-order valence-corrected chi connectivity index (χ3v) is 5.89. The molecule has 0 aromatic heterocycles. The molecule has 3 aliphatic rings. The number of anilines is 2. The molecule has 0 aliphatic carbocycles. The molecule has 0 saturated carbocycles. The highest BCUT2D eigenvalue weighted by atomic mass is 32.2. The van der Waals surface area contributed by atoms with Gasteiger partial charge in [-0.15, -0.1) is 0 Å². The Balaban J connectivity index is 1.71.